The van der Waals surface area contributed by atoms with Crippen molar-refractivity contribution in [3.05, 3.63) is 53.4 Å². The fourth-order valence-corrected chi connectivity index (χ4v) is 7.70. The summed E-state index contributed by atoms with van der Waals surface area (Å²) in [6.07, 6.45) is 4.38. The molecular formula is C32H39N3O8S. The van der Waals surface area contributed by atoms with Crippen LogP contribution in [0.4, 0.5) is 5.00 Å². The normalized spacial score (nSPS) is 22.8. The van der Waals surface area contributed by atoms with Gasteiger partial charge in [0.05, 0.1) is 43.0 Å². The first-order chi connectivity index (χ1) is 21.4. The van der Waals surface area contributed by atoms with Crippen LogP contribution in [0.5, 0.6) is 5.75 Å². The number of fused-ring (bicyclic) bond motifs is 1. The fraction of sp³-hybridized carbons (Fsp3) is 0.531. The molecule has 2 aromatic heterocycles. The zero-order chi connectivity index (χ0) is 30.8. The first-order valence-corrected chi connectivity index (χ1v) is 16.0. The van der Waals surface area contributed by atoms with Crippen molar-refractivity contribution >= 4 is 28.2 Å². The molecule has 2 fully saturated rings. The van der Waals surface area contributed by atoms with Gasteiger partial charge in [0.2, 0.25) is 12.2 Å². The Morgan fingerprint density at radius 2 is 2.00 bits per heavy atom. The van der Waals surface area contributed by atoms with Gasteiger partial charge in [-0.25, -0.2) is 4.98 Å². The van der Waals surface area contributed by atoms with Gasteiger partial charge >= 0.3 is 5.97 Å². The molecule has 44 heavy (non-hydrogen) atoms. The van der Waals surface area contributed by atoms with Crippen LogP contribution in [0.2, 0.25) is 0 Å². The van der Waals surface area contributed by atoms with E-state index < -0.39 is 12.5 Å². The van der Waals surface area contributed by atoms with E-state index in [1.54, 1.807) is 25.1 Å². The second-order valence-electron chi connectivity index (χ2n) is 11.5. The molecule has 3 aromatic rings. The molecule has 1 saturated heterocycles. The molecule has 2 atom stereocenters. The van der Waals surface area contributed by atoms with E-state index in [9.17, 15) is 14.7 Å². The summed E-state index contributed by atoms with van der Waals surface area (Å²) in [6, 6.07) is 7.51. The van der Waals surface area contributed by atoms with Crippen LogP contribution in [-0.2, 0) is 19.0 Å². The van der Waals surface area contributed by atoms with E-state index in [2.05, 4.69) is 4.98 Å². The van der Waals surface area contributed by atoms with E-state index in [-0.39, 0.29) is 36.5 Å². The average molecular weight is 626 g/mol. The largest absolute Gasteiger partial charge is 0.496 e. The summed E-state index contributed by atoms with van der Waals surface area (Å²) >= 11 is 1.38. The highest BCUT2D eigenvalue weighted by Gasteiger charge is 2.48. The highest BCUT2D eigenvalue weighted by atomic mass is 32.1. The van der Waals surface area contributed by atoms with Gasteiger partial charge in [0.25, 0.3) is 5.91 Å². The molecule has 11 nitrogen and oxygen atoms in total. The fourth-order valence-electron chi connectivity index (χ4n) is 6.43. The number of amides is 1. The maximum atomic E-state index is 14.2. The lowest BCUT2D eigenvalue weighted by Crippen LogP contribution is -2.62. The minimum Gasteiger partial charge on any atom is -0.496 e. The number of anilines is 1. The molecule has 1 aliphatic carbocycles. The minimum atomic E-state index is -1.24. The lowest BCUT2D eigenvalue weighted by molar-refractivity contribution is -0.145. The number of carbonyl (C=O) groups excluding carboxylic acids is 2. The van der Waals surface area contributed by atoms with E-state index in [1.807, 2.05) is 36.1 Å². The lowest BCUT2D eigenvalue weighted by atomic mass is 9.77. The van der Waals surface area contributed by atoms with Crippen LogP contribution in [0.25, 0.3) is 10.8 Å². The van der Waals surface area contributed by atoms with Gasteiger partial charge in [-0.1, -0.05) is 18.2 Å². The number of hydrogen-bond acceptors (Lipinski definition) is 11. The van der Waals surface area contributed by atoms with E-state index in [0.717, 1.165) is 28.8 Å². The number of benzene rings is 1. The SMILES string of the molecule is CCOC(=O)CC1CC(N2C(=O)c3c(sc(-c4ncco4)c3C)N(C[C@H](OC3CCOCC3)c3ccccc3OC)C2O)C1. The number of aliphatic hydroxyl groups excluding tert-OH is 1. The Balaban J connectivity index is 1.35. The predicted octanol–water partition coefficient (Wildman–Crippen LogP) is 4.93. The minimum absolute atomic E-state index is 0.0268. The van der Waals surface area contributed by atoms with Crippen LogP contribution in [0, 0.1) is 12.8 Å². The summed E-state index contributed by atoms with van der Waals surface area (Å²) < 4.78 is 28.8. The van der Waals surface area contributed by atoms with Crippen molar-refractivity contribution in [2.75, 3.05) is 38.4 Å². The molecule has 4 heterocycles. The van der Waals surface area contributed by atoms with E-state index >= 15 is 0 Å². The van der Waals surface area contributed by atoms with Gasteiger partial charge in [-0.3, -0.25) is 14.5 Å². The van der Waals surface area contributed by atoms with Gasteiger partial charge in [-0.15, -0.1) is 11.3 Å². The molecule has 0 spiro atoms. The summed E-state index contributed by atoms with van der Waals surface area (Å²) in [5.41, 5.74) is 2.13. The summed E-state index contributed by atoms with van der Waals surface area (Å²) in [4.78, 5) is 34.8. The third-order valence-corrected chi connectivity index (χ3v) is 10.0. The maximum absolute atomic E-state index is 14.2. The Morgan fingerprint density at radius 3 is 2.70 bits per heavy atom. The zero-order valence-electron chi connectivity index (χ0n) is 25.3. The maximum Gasteiger partial charge on any atom is 0.306 e. The third kappa shape index (κ3) is 5.95. The van der Waals surface area contributed by atoms with Crippen molar-refractivity contribution in [2.24, 2.45) is 5.92 Å². The van der Waals surface area contributed by atoms with Crippen LogP contribution >= 0.6 is 11.3 Å². The third-order valence-electron chi connectivity index (χ3n) is 8.73. The molecular weight excluding hydrogens is 586 g/mol. The summed E-state index contributed by atoms with van der Waals surface area (Å²) in [5.74, 6) is 0.730. The van der Waals surface area contributed by atoms with Crippen molar-refractivity contribution in [2.45, 2.75) is 70.6 Å². The highest BCUT2D eigenvalue weighted by Crippen LogP contribution is 2.48. The van der Waals surface area contributed by atoms with E-state index in [1.165, 1.54) is 17.6 Å². The predicted molar refractivity (Wildman–Crippen MR) is 162 cm³/mol. The number of thiophene rings is 1. The molecule has 3 aliphatic rings. The Bertz CT molecular complexity index is 1450. The van der Waals surface area contributed by atoms with Gasteiger partial charge in [0.15, 0.2) is 0 Å². The quantitative estimate of drug-likeness (QED) is 0.294. The average Bonchev–Trinajstić information content (AvgIpc) is 3.66. The van der Waals surface area contributed by atoms with Gasteiger partial charge in [0.1, 0.15) is 23.1 Å². The van der Waals surface area contributed by atoms with Crippen LogP contribution < -0.4 is 9.64 Å². The van der Waals surface area contributed by atoms with Crippen molar-refractivity contribution in [3.63, 3.8) is 0 Å². The number of methoxy groups -OCH3 is 1. The van der Waals surface area contributed by atoms with E-state index in [0.29, 0.717) is 61.3 Å². The van der Waals surface area contributed by atoms with Crippen LogP contribution in [0.3, 0.4) is 0 Å². The first-order valence-electron chi connectivity index (χ1n) is 15.2. The number of ether oxygens (including phenoxy) is 4. The zero-order valence-corrected chi connectivity index (χ0v) is 26.1. The molecule has 1 unspecified atom stereocenters. The number of carbonyl (C=O) groups is 2. The number of oxazole rings is 1. The molecule has 1 N–H and O–H groups in total. The number of esters is 1. The first kappa shape index (κ1) is 30.6. The van der Waals surface area contributed by atoms with Crippen LogP contribution in [0.15, 0.2) is 41.1 Å². The number of rotatable bonds is 11. The molecule has 1 amide bonds. The van der Waals surface area contributed by atoms with Crippen molar-refractivity contribution in [1.29, 1.82) is 0 Å². The Labute approximate surface area is 260 Å². The van der Waals surface area contributed by atoms with E-state index in [4.69, 9.17) is 23.4 Å². The molecule has 1 aromatic carbocycles. The van der Waals surface area contributed by atoms with Crippen LogP contribution in [-0.4, -0.2) is 78.8 Å². The smallest absolute Gasteiger partial charge is 0.306 e. The number of hydrogen-bond donors (Lipinski definition) is 1. The molecule has 0 radical (unpaired) electrons. The summed E-state index contributed by atoms with van der Waals surface area (Å²) in [7, 11) is 1.63. The van der Waals surface area contributed by atoms with Gasteiger partial charge in [-0.2, -0.15) is 0 Å². The second kappa shape index (κ2) is 13.3. The molecule has 1 saturated carbocycles. The molecule has 236 valence electrons. The van der Waals surface area contributed by atoms with Crippen LogP contribution in [0.1, 0.15) is 66.6 Å². The summed E-state index contributed by atoms with van der Waals surface area (Å²) in [5, 5.41) is 12.6. The Kier molecular flexibility index (Phi) is 9.22. The number of aliphatic hydroxyl groups is 1. The standard InChI is InChI=1S/C32H39N3O8S/c1-4-41-26(36)17-20-15-21(16-20)35-30(37)27-19(2)28(29-33-11-14-42-29)44-31(27)34(32(35)38)18-25(43-22-9-12-40-13-10-22)23-7-5-6-8-24(23)39-3/h5-8,11,14,20-22,25,32,38H,4,9-10,12-13,15-18H2,1-3H3/t20?,21?,25-,32?/m0/s1. The highest BCUT2D eigenvalue weighted by molar-refractivity contribution is 7.20. The van der Waals surface area contributed by atoms with Gasteiger partial charge in [-0.05, 0) is 57.1 Å². The Morgan fingerprint density at radius 1 is 1.23 bits per heavy atom. The molecule has 2 aliphatic heterocycles. The van der Waals surface area contributed by atoms with Crippen molar-refractivity contribution in [1.82, 2.24) is 9.88 Å². The van der Waals surface area contributed by atoms with Gasteiger partial charge < -0.3 is 33.4 Å². The molecule has 12 heteroatoms. The Hall–Kier alpha value is -3.45. The molecule has 0 bridgehead atoms. The second-order valence-corrected chi connectivity index (χ2v) is 12.5. The van der Waals surface area contributed by atoms with Crippen molar-refractivity contribution in [3.8, 4) is 16.5 Å². The van der Waals surface area contributed by atoms with Crippen molar-refractivity contribution < 1.29 is 38.1 Å². The summed E-state index contributed by atoms with van der Waals surface area (Å²) in [6.45, 7) is 5.53. The number of para-hydroxylation sites is 1. The lowest BCUT2D eigenvalue weighted by Gasteiger charge is -2.50. The topological polar surface area (TPSA) is 124 Å². The van der Waals surface area contributed by atoms with Gasteiger partial charge in [0, 0.05) is 31.2 Å². The monoisotopic (exact) mass is 625 g/mol. The number of nitrogens with zero attached hydrogens (tertiary/aromatic N) is 3. The number of aromatic nitrogens is 1. The molecule has 6 rings (SSSR count).